The predicted octanol–water partition coefficient (Wildman–Crippen LogP) is 2.27. The van der Waals surface area contributed by atoms with E-state index in [-0.39, 0.29) is 11.8 Å². The second-order valence-corrected chi connectivity index (χ2v) is 5.23. The Bertz CT molecular complexity index is 436. The number of carbonyl (C=O) groups is 1. The Morgan fingerprint density at radius 1 is 1.39 bits per heavy atom. The van der Waals surface area contributed by atoms with Gasteiger partial charge in [0.25, 0.3) is 0 Å². The normalized spacial score (nSPS) is 19.6. The van der Waals surface area contributed by atoms with Gasteiger partial charge in [-0.25, -0.2) is 0 Å². The lowest BCUT2D eigenvalue weighted by Gasteiger charge is -2.28. The van der Waals surface area contributed by atoms with Crippen molar-refractivity contribution in [3.8, 4) is 0 Å². The Hall–Kier alpha value is -1.35. The fourth-order valence-corrected chi connectivity index (χ4v) is 2.64. The van der Waals surface area contributed by atoms with Gasteiger partial charge >= 0.3 is 0 Å². The van der Waals surface area contributed by atoms with E-state index in [9.17, 15) is 4.79 Å². The number of piperidine rings is 1. The standard InChI is InChI=1S/C15H22N2O/c1-11-6-7-14(12(2)9-11)17(3)15(18)13-5-4-8-16-10-13/h6-7,9,13,16H,4-5,8,10H2,1-3H3/t13-/m0/s1. The maximum absolute atomic E-state index is 12.4. The molecular weight excluding hydrogens is 224 g/mol. The van der Waals surface area contributed by atoms with Crippen molar-refractivity contribution in [3.05, 3.63) is 29.3 Å². The Kier molecular flexibility index (Phi) is 4.02. The van der Waals surface area contributed by atoms with Gasteiger partial charge in [-0.1, -0.05) is 17.7 Å². The highest BCUT2D eigenvalue weighted by Gasteiger charge is 2.25. The van der Waals surface area contributed by atoms with Gasteiger partial charge in [-0.3, -0.25) is 4.79 Å². The van der Waals surface area contributed by atoms with E-state index in [1.165, 1.54) is 5.56 Å². The van der Waals surface area contributed by atoms with Crippen LogP contribution in [0.15, 0.2) is 18.2 Å². The van der Waals surface area contributed by atoms with E-state index in [0.29, 0.717) is 0 Å². The molecule has 1 fully saturated rings. The molecule has 1 saturated heterocycles. The summed E-state index contributed by atoms with van der Waals surface area (Å²) >= 11 is 0. The summed E-state index contributed by atoms with van der Waals surface area (Å²) in [5, 5.41) is 3.30. The summed E-state index contributed by atoms with van der Waals surface area (Å²) in [5.41, 5.74) is 3.42. The molecule has 1 atom stereocenters. The Morgan fingerprint density at radius 3 is 2.78 bits per heavy atom. The van der Waals surface area contributed by atoms with Crippen molar-refractivity contribution in [2.24, 2.45) is 5.92 Å². The van der Waals surface area contributed by atoms with Crippen molar-refractivity contribution < 1.29 is 4.79 Å². The average molecular weight is 246 g/mol. The number of hydrogen-bond donors (Lipinski definition) is 1. The van der Waals surface area contributed by atoms with Gasteiger partial charge in [-0.2, -0.15) is 0 Å². The molecule has 1 N–H and O–H groups in total. The van der Waals surface area contributed by atoms with Gasteiger partial charge in [0, 0.05) is 19.3 Å². The van der Waals surface area contributed by atoms with E-state index < -0.39 is 0 Å². The molecule has 0 bridgehead atoms. The van der Waals surface area contributed by atoms with Crippen LogP contribution in [0.25, 0.3) is 0 Å². The van der Waals surface area contributed by atoms with Crippen LogP contribution in [0.3, 0.4) is 0 Å². The summed E-state index contributed by atoms with van der Waals surface area (Å²) in [4.78, 5) is 14.2. The number of benzene rings is 1. The molecule has 3 heteroatoms. The zero-order valence-electron chi connectivity index (χ0n) is 11.5. The molecular formula is C15H22N2O. The fourth-order valence-electron chi connectivity index (χ4n) is 2.64. The molecule has 0 aromatic heterocycles. The third-order valence-corrected chi connectivity index (χ3v) is 3.69. The van der Waals surface area contributed by atoms with Crippen molar-refractivity contribution >= 4 is 11.6 Å². The van der Waals surface area contributed by atoms with E-state index in [1.807, 2.05) is 18.0 Å². The molecule has 0 spiro atoms. The van der Waals surface area contributed by atoms with Crippen LogP contribution >= 0.6 is 0 Å². The maximum Gasteiger partial charge on any atom is 0.231 e. The summed E-state index contributed by atoms with van der Waals surface area (Å²) in [6.07, 6.45) is 2.10. The molecule has 1 heterocycles. The summed E-state index contributed by atoms with van der Waals surface area (Å²) in [6, 6.07) is 6.22. The minimum Gasteiger partial charge on any atom is -0.316 e. The summed E-state index contributed by atoms with van der Waals surface area (Å²) in [6.45, 7) is 5.99. The number of hydrogen-bond acceptors (Lipinski definition) is 2. The number of anilines is 1. The number of nitrogens with one attached hydrogen (secondary N) is 1. The Balaban J connectivity index is 2.14. The highest BCUT2D eigenvalue weighted by atomic mass is 16.2. The van der Waals surface area contributed by atoms with Crippen LogP contribution in [0.4, 0.5) is 5.69 Å². The topological polar surface area (TPSA) is 32.3 Å². The molecule has 0 aliphatic carbocycles. The number of amides is 1. The van der Waals surface area contributed by atoms with E-state index in [4.69, 9.17) is 0 Å². The zero-order chi connectivity index (χ0) is 13.1. The first-order valence-corrected chi connectivity index (χ1v) is 6.65. The average Bonchev–Trinajstić information content (AvgIpc) is 2.38. The number of nitrogens with zero attached hydrogens (tertiary/aromatic N) is 1. The van der Waals surface area contributed by atoms with Gasteiger partial charge in [0.1, 0.15) is 0 Å². The molecule has 0 radical (unpaired) electrons. The first kappa shape index (κ1) is 13.1. The monoisotopic (exact) mass is 246 g/mol. The van der Waals surface area contributed by atoms with Crippen molar-refractivity contribution in [2.45, 2.75) is 26.7 Å². The third kappa shape index (κ3) is 2.72. The van der Waals surface area contributed by atoms with Crippen LogP contribution in [0.5, 0.6) is 0 Å². The van der Waals surface area contributed by atoms with Gasteiger partial charge < -0.3 is 10.2 Å². The predicted molar refractivity (Wildman–Crippen MR) is 74.9 cm³/mol. The quantitative estimate of drug-likeness (QED) is 0.868. The highest BCUT2D eigenvalue weighted by Crippen LogP contribution is 2.23. The molecule has 1 amide bonds. The third-order valence-electron chi connectivity index (χ3n) is 3.69. The smallest absolute Gasteiger partial charge is 0.231 e. The lowest BCUT2D eigenvalue weighted by molar-refractivity contribution is -0.122. The van der Waals surface area contributed by atoms with Crippen LogP contribution in [-0.2, 0) is 4.79 Å². The molecule has 1 aliphatic rings. The number of carbonyl (C=O) groups excluding carboxylic acids is 1. The van der Waals surface area contributed by atoms with Crippen molar-refractivity contribution in [3.63, 3.8) is 0 Å². The zero-order valence-corrected chi connectivity index (χ0v) is 11.5. The SMILES string of the molecule is Cc1ccc(N(C)C(=O)[C@H]2CCCNC2)c(C)c1. The Labute approximate surface area is 109 Å². The van der Waals surface area contributed by atoms with Gasteiger partial charge in [0.15, 0.2) is 0 Å². The summed E-state index contributed by atoms with van der Waals surface area (Å²) in [5.74, 6) is 0.360. The van der Waals surface area contributed by atoms with Crippen molar-refractivity contribution in [2.75, 3.05) is 25.0 Å². The Morgan fingerprint density at radius 2 is 2.17 bits per heavy atom. The number of rotatable bonds is 2. The first-order valence-electron chi connectivity index (χ1n) is 6.65. The molecule has 1 aliphatic heterocycles. The largest absolute Gasteiger partial charge is 0.316 e. The molecule has 98 valence electrons. The van der Waals surface area contributed by atoms with Crippen molar-refractivity contribution in [1.29, 1.82) is 0 Å². The minimum absolute atomic E-state index is 0.129. The van der Waals surface area contributed by atoms with Crippen LogP contribution in [-0.4, -0.2) is 26.0 Å². The maximum atomic E-state index is 12.4. The van der Waals surface area contributed by atoms with Crippen LogP contribution in [0, 0.1) is 19.8 Å². The van der Waals surface area contributed by atoms with Crippen LogP contribution < -0.4 is 10.2 Å². The molecule has 2 rings (SSSR count). The molecule has 18 heavy (non-hydrogen) atoms. The lowest BCUT2D eigenvalue weighted by atomic mass is 9.97. The van der Waals surface area contributed by atoms with Gasteiger partial charge in [-0.05, 0) is 44.9 Å². The van der Waals surface area contributed by atoms with E-state index >= 15 is 0 Å². The number of aryl methyl sites for hydroxylation is 2. The highest BCUT2D eigenvalue weighted by molar-refractivity contribution is 5.95. The van der Waals surface area contributed by atoms with Gasteiger partial charge in [0.2, 0.25) is 5.91 Å². The van der Waals surface area contributed by atoms with Crippen LogP contribution in [0.2, 0.25) is 0 Å². The van der Waals surface area contributed by atoms with Gasteiger partial charge in [-0.15, -0.1) is 0 Å². The minimum atomic E-state index is 0.129. The van der Waals surface area contributed by atoms with Gasteiger partial charge in [0.05, 0.1) is 5.92 Å². The summed E-state index contributed by atoms with van der Waals surface area (Å²) < 4.78 is 0. The van der Waals surface area contributed by atoms with E-state index in [1.54, 1.807) is 0 Å². The second-order valence-electron chi connectivity index (χ2n) is 5.23. The molecule has 3 nitrogen and oxygen atoms in total. The second kappa shape index (κ2) is 5.53. The van der Waals surface area contributed by atoms with Crippen molar-refractivity contribution in [1.82, 2.24) is 5.32 Å². The molecule has 0 unspecified atom stereocenters. The lowest BCUT2D eigenvalue weighted by Crippen LogP contribution is -2.41. The van der Waals surface area contributed by atoms with Crippen LogP contribution in [0.1, 0.15) is 24.0 Å². The summed E-state index contributed by atoms with van der Waals surface area (Å²) in [7, 11) is 1.88. The molecule has 0 saturated carbocycles. The van der Waals surface area contributed by atoms with E-state index in [0.717, 1.165) is 37.2 Å². The first-order chi connectivity index (χ1) is 8.59. The fraction of sp³-hybridized carbons (Fsp3) is 0.533. The molecule has 1 aromatic rings. The molecule has 1 aromatic carbocycles. The van der Waals surface area contributed by atoms with E-state index in [2.05, 4.69) is 31.3 Å².